The zero-order valence-corrected chi connectivity index (χ0v) is 12.4. The third-order valence-electron chi connectivity index (χ3n) is 3.23. The Kier molecular flexibility index (Phi) is 4.85. The average molecular weight is 306 g/mol. The van der Waals surface area contributed by atoms with E-state index in [9.17, 15) is 8.78 Å². The van der Waals surface area contributed by atoms with E-state index in [1.165, 1.54) is 5.56 Å². The Bertz CT molecular complexity index is 631. The van der Waals surface area contributed by atoms with E-state index >= 15 is 0 Å². The first-order valence-corrected chi connectivity index (χ1v) is 7.02. The van der Waals surface area contributed by atoms with Crippen molar-refractivity contribution in [1.82, 2.24) is 0 Å². The van der Waals surface area contributed by atoms with Crippen molar-refractivity contribution in [3.63, 3.8) is 0 Å². The van der Waals surface area contributed by atoms with Crippen molar-refractivity contribution in [3.05, 3.63) is 64.7 Å². The van der Waals surface area contributed by atoms with Crippen LogP contribution in [0.2, 0.25) is 0 Å². The Morgan fingerprint density at radius 1 is 1.10 bits per heavy atom. The number of anilines is 1. The quantitative estimate of drug-likeness (QED) is 0.826. The number of halogens is 2. The number of aryl methyl sites for hydroxylation is 1. The molecule has 5 heteroatoms. The summed E-state index contributed by atoms with van der Waals surface area (Å²) < 4.78 is 27.8. The van der Waals surface area contributed by atoms with Crippen LogP contribution >= 0.6 is 12.2 Å². The van der Waals surface area contributed by atoms with E-state index in [1.807, 2.05) is 24.3 Å². The Morgan fingerprint density at radius 2 is 1.62 bits per heavy atom. The first-order chi connectivity index (χ1) is 10.0. The van der Waals surface area contributed by atoms with Gasteiger partial charge in [-0.25, -0.2) is 8.78 Å². The highest BCUT2D eigenvalue weighted by molar-refractivity contribution is 7.80. The number of hydrogen-bond donors (Lipinski definition) is 2. The molecule has 2 nitrogen and oxygen atoms in total. The van der Waals surface area contributed by atoms with Crippen molar-refractivity contribution in [1.29, 1.82) is 0 Å². The van der Waals surface area contributed by atoms with Crippen LogP contribution in [0.3, 0.4) is 0 Å². The van der Waals surface area contributed by atoms with Gasteiger partial charge < -0.3 is 11.1 Å². The van der Waals surface area contributed by atoms with E-state index in [0.717, 1.165) is 24.1 Å². The summed E-state index contributed by atoms with van der Waals surface area (Å²) in [5.41, 5.74) is 7.55. The third-order valence-corrected chi connectivity index (χ3v) is 3.46. The minimum Gasteiger partial charge on any atom is -0.389 e. The van der Waals surface area contributed by atoms with E-state index in [0.29, 0.717) is 6.54 Å². The van der Waals surface area contributed by atoms with Gasteiger partial charge in [0.05, 0.1) is 0 Å². The smallest absolute Gasteiger partial charge is 0.150 e. The number of nitrogens with one attached hydrogen (secondary N) is 1. The summed E-state index contributed by atoms with van der Waals surface area (Å²) >= 11 is 4.71. The van der Waals surface area contributed by atoms with Gasteiger partial charge in [-0.2, -0.15) is 0 Å². The zero-order chi connectivity index (χ0) is 15.4. The number of benzene rings is 2. The van der Waals surface area contributed by atoms with Crippen LogP contribution in [0.15, 0.2) is 36.4 Å². The second-order valence-corrected chi connectivity index (χ2v) is 5.14. The molecule has 0 saturated carbocycles. The zero-order valence-electron chi connectivity index (χ0n) is 11.6. The third kappa shape index (κ3) is 3.76. The normalized spacial score (nSPS) is 10.4. The fourth-order valence-corrected chi connectivity index (χ4v) is 2.09. The van der Waals surface area contributed by atoms with Gasteiger partial charge in [0, 0.05) is 12.1 Å². The summed E-state index contributed by atoms with van der Waals surface area (Å²) in [6.45, 7) is 2.41. The Labute approximate surface area is 128 Å². The number of thiocarbonyl (C=S) groups is 1. The number of rotatable bonds is 5. The highest BCUT2D eigenvalue weighted by atomic mass is 32.1. The molecular weight excluding hydrogens is 290 g/mol. The van der Waals surface area contributed by atoms with E-state index in [-0.39, 0.29) is 16.2 Å². The minimum atomic E-state index is -0.706. The lowest BCUT2D eigenvalue weighted by Crippen LogP contribution is -2.12. The summed E-state index contributed by atoms with van der Waals surface area (Å²) in [5.74, 6) is -1.41. The van der Waals surface area contributed by atoms with Crippen molar-refractivity contribution < 1.29 is 8.78 Å². The molecule has 0 atom stereocenters. The van der Waals surface area contributed by atoms with Crippen LogP contribution in [-0.4, -0.2) is 4.99 Å². The maximum Gasteiger partial charge on any atom is 0.150 e. The molecule has 0 saturated heterocycles. The number of nitrogens with two attached hydrogens (primary N) is 1. The maximum absolute atomic E-state index is 13.9. The highest BCUT2D eigenvalue weighted by Gasteiger charge is 2.12. The predicted octanol–water partition coefficient (Wildman–Crippen LogP) is 3.77. The van der Waals surface area contributed by atoms with Gasteiger partial charge in [-0.3, -0.25) is 0 Å². The molecule has 0 aliphatic rings. The molecule has 0 aromatic heterocycles. The Morgan fingerprint density at radius 3 is 2.10 bits per heavy atom. The fourth-order valence-electron chi connectivity index (χ4n) is 1.97. The highest BCUT2D eigenvalue weighted by Crippen LogP contribution is 2.21. The summed E-state index contributed by atoms with van der Waals surface area (Å²) in [6, 6.07) is 10.1. The van der Waals surface area contributed by atoms with E-state index in [4.69, 9.17) is 18.0 Å². The molecule has 21 heavy (non-hydrogen) atoms. The topological polar surface area (TPSA) is 38.0 Å². The van der Waals surface area contributed by atoms with Gasteiger partial charge in [-0.05, 0) is 29.7 Å². The molecule has 0 fully saturated rings. The molecule has 0 aliphatic heterocycles. The van der Waals surface area contributed by atoms with E-state index < -0.39 is 11.6 Å². The minimum absolute atomic E-state index is 0.0329. The van der Waals surface area contributed by atoms with Crippen LogP contribution in [0.4, 0.5) is 14.5 Å². The van der Waals surface area contributed by atoms with Gasteiger partial charge in [-0.1, -0.05) is 43.4 Å². The molecule has 2 aromatic rings. The molecule has 0 spiro atoms. The number of hydrogen-bond acceptors (Lipinski definition) is 2. The monoisotopic (exact) mass is 306 g/mol. The molecule has 0 radical (unpaired) electrons. The second-order valence-electron chi connectivity index (χ2n) is 4.70. The first-order valence-electron chi connectivity index (χ1n) is 6.61. The van der Waals surface area contributed by atoms with Crippen LogP contribution in [0.5, 0.6) is 0 Å². The van der Waals surface area contributed by atoms with Gasteiger partial charge in [-0.15, -0.1) is 0 Å². The summed E-state index contributed by atoms with van der Waals surface area (Å²) in [7, 11) is 0. The van der Waals surface area contributed by atoms with Crippen molar-refractivity contribution >= 4 is 22.9 Å². The Balaban J connectivity index is 2.14. The summed E-state index contributed by atoms with van der Waals surface area (Å²) in [6.07, 6.45) is 0.956. The molecule has 110 valence electrons. The van der Waals surface area contributed by atoms with Crippen LogP contribution in [0.25, 0.3) is 0 Å². The summed E-state index contributed by atoms with van der Waals surface area (Å²) in [5, 5.41) is 2.77. The molecule has 0 bridgehead atoms. The average Bonchev–Trinajstić information content (AvgIpc) is 2.46. The van der Waals surface area contributed by atoms with Gasteiger partial charge in [0.25, 0.3) is 0 Å². The predicted molar refractivity (Wildman–Crippen MR) is 85.4 cm³/mol. The van der Waals surface area contributed by atoms with Crippen molar-refractivity contribution in [2.24, 2.45) is 5.73 Å². The van der Waals surface area contributed by atoms with Crippen LogP contribution in [0, 0.1) is 11.6 Å². The van der Waals surface area contributed by atoms with Crippen LogP contribution in [0.1, 0.15) is 23.6 Å². The molecule has 2 rings (SSSR count). The van der Waals surface area contributed by atoms with Crippen molar-refractivity contribution in [2.75, 3.05) is 5.32 Å². The van der Waals surface area contributed by atoms with Gasteiger partial charge in [0.2, 0.25) is 0 Å². The van der Waals surface area contributed by atoms with Gasteiger partial charge in [0.1, 0.15) is 22.3 Å². The molecule has 0 heterocycles. The molecule has 2 aromatic carbocycles. The molecule has 0 aliphatic carbocycles. The lowest BCUT2D eigenvalue weighted by molar-refractivity contribution is 0.587. The van der Waals surface area contributed by atoms with Crippen molar-refractivity contribution in [2.45, 2.75) is 19.9 Å². The Hall–Kier alpha value is -2.01. The lowest BCUT2D eigenvalue weighted by Gasteiger charge is -2.11. The summed E-state index contributed by atoms with van der Waals surface area (Å²) in [4.78, 5) is -0.0329. The van der Waals surface area contributed by atoms with Gasteiger partial charge >= 0.3 is 0 Å². The van der Waals surface area contributed by atoms with E-state index in [2.05, 4.69) is 12.2 Å². The molecular formula is C16H16F2N2S. The van der Waals surface area contributed by atoms with Crippen LogP contribution in [-0.2, 0) is 13.0 Å². The standard InChI is InChI=1S/C16H16F2N2S/c1-2-10-3-5-11(6-4-10)9-20-15-13(17)7-12(16(19)21)8-14(15)18/h3-8,20H,2,9H2,1H3,(H2,19,21). The van der Waals surface area contributed by atoms with Crippen LogP contribution < -0.4 is 11.1 Å². The second kappa shape index (κ2) is 6.63. The largest absolute Gasteiger partial charge is 0.389 e. The van der Waals surface area contributed by atoms with Gasteiger partial charge in [0.15, 0.2) is 0 Å². The first kappa shape index (κ1) is 15.4. The lowest BCUT2D eigenvalue weighted by atomic mass is 10.1. The molecule has 0 unspecified atom stereocenters. The molecule has 0 amide bonds. The van der Waals surface area contributed by atoms with Crippen molar-refractivity contribution in [3.8, 4) is 0 Å². The molecule has 3 N–H and O–H groups in total. The SMILES string of the molecule is CCc1ccc(CNc2c(F)cc(C(N)=S)cc2F)cc1. The van der Waals surface area contributed by atoms with E-state index in [1.54, 1.807) is 0 Å². The maximum atomic E-state index is 13.9. The fraction of sp³-hybridized carbons (Fsp3) is 0.188.